The summed E-state index contributed by atoms with van der Waals surface area (Å²) in [6.07, 6.45) is 6.14. The zero-order valence-electron chi connectivity index (χ0n) is 16.9. The second-order valence-electron chi connectivity index (χ2n) is 7.61. The van der Waals surface area contributed by atoms with Crippen molar-refractivity contribution in [2.45, 2.75) is 42.9 Å². The molecule has 1 aliphatic carbocycles. The lowest BCUT2D eigenvalue weighted by molar-refractivity contribution is -0.130. The van der Waals surface area contributed by atoms with E-state index in [2.05, 4.69) is 4.72 Å². The van der Waals surface area contributed by atoms with Gasteiger partial charge in [0.1, 0.15) is 5.75 Å². The maximum absolute atomic E-state index is 12.7. The number of anilines is 1. The Hall–Kier alpha value is -2.54. The summed E-state index contributed by atoms with van der Waals surface area (Å²) < 4.78 is 33.3. The Morgan fingerprint density at radius 2 is 1.62 bits per heavy atom. The van der Waals surface area contributed by atoms with Gasteiger partial charge in [0, 0.05) is 19.8 Å². The summed E-state index contributed by atoms with van der Waals surface area (Å²) in [7, 11) is -0.346. The number of hydrogen-bond donors (Lipinski definition) is 1. The van der Waals surface area contributed by atoms with E-state index < -0.39 is 10.0 Å². The highest BCUT2D eigenvalue weighted by Crippen LogP contribution is 2.33. The average Bonchev–Trinajstić information content (AvgIpc) is 2.73. The van der Waals surface area contributed by atoms with Gasteiger partial charge in [0.25, 0.3) is 15.9 Å². The normalized spacial score (nSPS) is 15.0. The highest BCUT2D eigenvalue weighted by atomic mass is 32.2. The second-order valence-corrected chi connectivity index (χ2v) is 9.29. The Kier molecular flexibility index (Phi) is 6.79. The van der Waals surface area contributed by atoms with E-state index in [1.165, 1.54) is 42.6 Å². The molecule has 0 unspecified atom stereocenters. The van der Waals surface area contributed by atoms with Gasteiger partial charge in [0.2, 0.25) is 0 Å². The van der Waals surface area contributed by atoms with Crippen LogP contribution < -0.4 is 9.46 Å². The number of carbonyl (C=O) groups excluding carboxylic acids is 1. The molecule has 29 heavy (non-hydrogen) atoms. The van der Waals surface area contributed by atoms with E-state index in [0.717, 1.165) is 0 Å². The summed E-state index contributed by atoms with van der Waals surface area (Å²) in [5.74, 6) is 0.895. The van der Waals surface area contributed by atoms with Crippen molar-refractivity contribution in [2.75, 3.05) is 25.4 Å². The zero-order chi connectivity index (χ0) is 20.9. The Bertz CT molecular complexity index is 916. The molecule has 0 aromatic heterocycles. The van der Waals surface area contributed by atoms with E-state index in [1.807, 2.05) is 12.1 Å². The van der Waals surface area contributed by atoms with E-state index in [0.29, 0.717) is 17.4 Å². The summed E-state index contributed by atoms with van der Waals surface area (Å²) in [5, 5.41) is 0. The van der Waals surface area contributed by atoms with E-state index in [-0.39, 0.29) is 17.4 Å². The van der Waals surface area contributed by atoms with Gasteiger partial charge in [-0.2, -0.15) is 0 Å². The van der Waals surface area contributed by atoms with Gasteiger partial charge in [-0.15, -0.1) is 0 Å². The van der Waals surface area contributed by atoms with Gasteiger partial charge >= 0.3 is 0 Å². The number of likely N-dealkylation sites (N-methyl/N-ethyl adjacent to an activating group) is 1. The van der Waals surface area contributed by atoms with Crippen LogP contribution in [0.15, 0.2) is 53.4 Å². The van der Waals surface area contributed by atoms with Gasteiger partial charge in [-0.3, -0.25) is 9.52 Å². The van der Waals surface area contributed by atoms with Crippen LogP contribution in [0.25, 0.3) is 0 Å². The highest BCUT2D eigenvalue weighted by Gasteiger charge is 2.18. The third kappa shape index (κ3) is 5.73. The third-order valence-electron chi connectivity index (χ3n) is 5.23. The minimum atomic E-state index is -3.66. The van der Waals surface area contributed by atoms with Gasteiger partial charge in [0.05, 0.1) is 4.90 Å². The molecule has 3 rings (SSSR count). The smallest absolute Gasteiger partial charge is 0.261 e. The summed E-state index contributed by atoms with van der Waals surface area (Å²) in [6, 6.07) is 13.7. The summed E-state index contributed by atoms with van der Waals surface area (Å²) >= 11 is 0. The predicted octanol–water partition coefficient (Wildman–Crippen LogP) is 4.00. The Morgan fingerprint density at radius 1 is 1.00 bits per heavy atom. The number of benzene rings is 2. The molecule has 0 saturated heterocycles. The molecule has 0 heterocycles. The van der Waals surface area contributed by atoms with E-state index in [1.54, 1.807) is 50.5 Å². The maximum atomic E-state index is 12.7. The molecule has 1 N–H and O–H groups in total. The van der Waals surface area contributed by atoms with E-state index >= 15 is 0 Å². The Labute approximate surface area is 172 Å². The van der Waals surface area contributed by atoms with Crippen molar-refractivity contribution in [1.29, 1.82) is 0 Å². The molecule has 7 heteroatoms. The highest BCUT2D eigenvalue weighted by molar-refractivity contribution is 7.92. The lowest BCUT2D eigenvalue weighted by atomic mass is 9.84. The van der Waals surface area contributed by atoms with Crippen molar-refractivity contribution in [1.82, 2.24) is 4.90 Å². The lowest BCUT2D eigenvalue weighted by Gasteiger charge is -2.22. The first-order valence-corrected chi connectivity index (χ1v) is 11.4. The van der Waals surface area contributed by atoms with E-state index in [4.69, 9.17) is 4.74 Å². The van der Waals surface area contributed by atoms with Crippen molar-refractivity contribution in [2.24, 2.45) is 0 Å². The molecule has 0 atom stereocenters. The molecule has 1 amide bonds. The fourth-order valence-electron chi connectivity index (χ4n) is 3.46. The molecular formula is C22H28N2O4S. The number of carbonyl (C=O) groups is 1. The molecule has 0 spiro atoms. The number of amides is 1. The van der Waals surface area contributed by atoms with E-state index in [9.17, 15) is 13.2 Å². The van der Waals surface area contributed by atoms with Crippen LogP contribution in [0.3, 0.4) is 0 Å². The molecule has 2 aromatic carbocycles. The first-order chi connectivity index (χ1) is 13.8. The van der Waals surface area contributed by atoms with Crippen molar-refractivity contribution in [3.05, 3.63) is 54.1 Å². The second kappa shape index (κ2) is 9.31. The van der Waals surface area contributed by atoms with Gasteiger partial charge < -0.3 is 9.64 Å². The SMILES string of the molecule is CN(C)C(=O)COc1ccc(NS(=O)(=O)c2ccc(C3CCCCC3)cc2)cc1. The van der Waals surface area contributed by atoms with Gasteiger partial charge in [-0.25, -0.2) is 8.42 Å². The standard InChI is InChI=1S/C22H28N2O4S/c1-24(2)22(25)16-28-20-12-10-19(11-13-20)23-29(26,27)21-14-8-18(9-15-21)17-6-4-3-5-7-17/h8-15,17,23H,3-7,16H2,1-2H3. The number of hydrogen-bond acceptors (Lipinski definition) is 4. The molecule has 2 aromatic rings. The van der Waals surface area contributed by atoms with Crippen molar-refractivity contribution in [3.8, 4) is 5.75 Å². The first-order valence-electron chi connectivity index (χ1n) is 9.91. The molecule has 1 fully saturated rings. The molecule has 0 radical (unpaired) electrons. The molecule has 1 aliphatic rings. The number of nitrogens with one attached hydrogen (secondary N) is 1. The lowest BCUT2D eigenvalue weighted by Crippen LogP contribution is -2.27. The van der Waals surface area contributed by atoms with Crippen molar-refractivity contribution >= 4 is 21.6 Å². The topological polar surface area (TPSA) is 75.7 Å². The molecule has 0 bridgehead atoms. The molecule has 1 saturated carbocycles. The maximum Gasteiger partial charge on any atom is 0.261 e. The number of rotatable bonds is 7. The third-order valence-corrected chi connectivity index (χ3v) is 6.63. The van der Waals surface area contributed by atoms with Crippen molar-refractivity contribution < 1.29 is 17.9 Å². The number of sulfonamides is 1. The summed E-state index contributed by atoms with van der Waals surface area (Å²) in [5.41, 5.74) is 1.66. The zero-order valence-corrected chi connectivity index (χ0v) is 17.7. The minimum absolute atomic E-state index is 0.0641. The Balaban J connectivity index is 1.62. The first kappa shape index (κ1) is 21.2. The van der Waals surface area contributed by atoms with Crippen LogP contribution >= 0.6 is 0 Å². The van der Waals surface area contributed by atoms with Crippen LogP contribution in [0.5, 0.6) is 5.75 Å². The Morgan fingerprint density at radius 3 is 2.21 bits per heavy atom. The van der Waals surface area contributed by atoms with Crippen LogP contribution in [-0.2, 0) is 14.8 Å². The minimum Gasteiger partial charge on any atom is -0.484 e. The predicted molar refractivity (Wildman–Crippen MR) is 114 cm³/mol. The molecule has 156 valence electrons. The van der Waals surface area contributed by atoms with Crippen LogP contribution in [-0.4, -0.2) is 39.9 Å². The van der Waals surface area contributed by atoms with Gasteiger partial charge in [0.15, 0.2) is 6.61 Å². The number of nitrogens with zero attached hydrogens (tertiary/aromatic N) is 1. The fraction of sp³-hybridized carbons (Fsp3) is 0.409. The van der Waals surface area contributed by atoms with Crippen molar-refractivity contribution in [3.63, 3.8) is 0 Å². The monoisotopic (exact) mass is 416 g/mol. The molecule has 6 nitrogen and oxygen atoms in total. The number of ether oxygens (including phenoxy) is 1. The molecular weight excluding hydrogens is 388 g/mol. The van der Waals surface area contributed by atoms with Crippen LogP contribution in [0.4, 0.5) is 5.69 Å². The van der Waals surface area contributed by atoms with Crippen LogP contribution in [0.2, 0.25) is 0 Å². The fourth-order valence-corrected chi connectivity index (χ4v) is 4.52. The summed E-state index contributed by atoms with van der Waals surface area (Å²) in [4.78, 5) is 13.3. The quantitative estimate of drug-likeness (QED) is 0.740. The van der Waals surface area contributed by atoms with Gasteiger partial charge in [-0.1, -0.05) is 31.4 Å². The molecule has 0 aliphatic heterocycles. The van der Waals surface area contributed by atoms with Gasteiger partial charge in [-0.05, 0) is 60.7 Å². The largest absolute Gasteiger partial charge is 0.484 e. The average molecular weight is 417 g/mol. The van der Waals surface area contributed by atoms with Crippen LogP contribution in [0.1, 0.15) is 43.6 Å². The van der Waals surface area contributed by atoms with Crippen LogP contribution in [0, 0.1) is 0 Å². The summed E-state index contributed by atoms with van der Waals surface area (Å²) in [6.45, 7) is -0.0641.